The second-order valence-electron chi connectivity index (χ2n) is 6.06. The van der Waals surface area contributed by atoms with Crippen LogP contribution >= 0.6 is 0 Å². The Morgan fingerprint density at radius 3 is 2.87 bits per heavy atom. The van der Waals surface area contributed by atoms with Crippen LogP contribution in [0.2, 0.25) is 0 Å². The van der Waals surface area contributed by atoms with Crippen LogP contribution in [0.1, 0.15) is 36.6 Å². The minimum atomic E-state index is -0.441. The third-order valence-electron chi connectivity index (χ3n) is 4.47. The van der Waals surface area contributed by atoms with E-state index in [0.29, 0.717) is 5.92 Å². The first-order valence-electron chi connectivity index (χ1n) is 8.17. The third kappa shape index (κ3) is 3.42. The standard InChI is InChI=1S/C17H23N5O/c1-2-14-20-21-15-9-8-12(11-22(14)15)10-19-16(17(18)23)13-6-4-3-5-7-13/h3-7,12,16,19H,2,8-11H2,1H3,(H2,18,23)/t12-,16-/m1/s1. The molecule has 0 saturated heterocycles. The van der Waals surface area contributed by atoms with Gasteiger partial charge in [0, 0.05) is 25.9 Å². The summed E-state index contributed by atoms with van der Waals surface area (Å²) in [5.74, 6) is 2.23. The molecule has 0 fully saturated rings. The number of primary amides is 1. The van der Waals surface area contributed by atoms with Gasteiger partial charge in [-0.25, -0.2) is 0 Å². The van der Waals surface area contributed by atoms with Crippen molar-refractivity contribution in [2.75, 3.05) is 6.54 Å². The minimum Gasteiger partial charge on any atom is -0.368 e. The number of carbonyl (C=O) groups excluding carboxylic acids is 1. The molecule has 0 bridgehead atoms. The largest absolute Gasteiger partial charge is 0.368 e. The van der Waals surface area contributed by atoms with Crippen LogP contribution in [0.25, 0.3) is 0 Å². The summed E-state index contributed by atoms with van der Waals surface area (Å²) in [6.45, 7) is 3.75. The van der Waals surface area contributed by atoms with Crippen molar-refractivity contribution >= 4 is 5.91 Å². The number of carbonyl (C=O) groups is 1. The normalized spacial score (nSPS) is 18.4. The van der Waals surface area contributed by atoms with Crippen LogP contribution in [0, 0.1) is 5.92 Å². The maximum atomic E-state index is 11.8. The molecule has 2 atom stereocenters. The first-order valence-corrected chi connectivity index (χ1v) is 8.17. The molecule has 1 aliphatic rings. The molecule has 1 aromatic heterocycles. The maximum Gasteiger partial charge on any atom is 0.239 e. The molecule has 23 heavy (non-hydrogen) atoms. The topological polar surface area (TPSA) is 85.8 Å². The summed E-state index contributed by atoms with van der Waals surface area (Å²) >= 11 is 0. The zero-order valence-corrected chi connectivity index (χ0v) is 13.4. The van der Waals surface area contributed by atoms with E-state index in [1.54, 1.807) is 0 Å². The number of fused-ring (bicyclic) bond motifs is 1. The van der Waals surface area contributed by atoms with Crippen LogP contribution < -0.4 is 11.1 Å². The Kier molecular flexibility index (Phi) is 4.71. The molecule has 0 unspecified atom stereocenters. The number of benzene rings is 1. The molecule has 3 N–H and O–H groups in total. The zero-order valence-electron chi connectivity index (χ0n) is 13.4. The van der Waals surface area contributed by atoms with Crippen molar-refractivity contribution in [2.24, 2.45) is 11.7 Å². The second kappa shape index (κ2) is 6.91. The molecular formula is C17H23N5O. The van der Waals surface area contributed by atoms with Gasteiger partial charge in [0.05, 0.1) is 0 Å². The van der Waals surface area contributed by atoms with Crippen LogP contribution in [0.15, 0.2) is 30.3 Å². The van der Waals surface area contributed by atoms with Gasteiger partial charge in [0.25, 0.3) is 0 Å². The van der Waals surface area contributed by atoms with Gasteiger partial charge in [0.1, 0.15) is 17.7 Å². The highest BCUT2D eigenvalue weighted by atomic mass is 16.1. The second-order valence-corrected chi connectivity index (χ2v) is 6.06. The Hall–Kier alpha value is -2.21. The number of hydrogen-bond acceptors (Lipinski definition) is 4. The minimum absolute atomic E-state index is 0.341. The number of nitrogens with zero attached hydrogens (tertiary/aromatic N) is 3. The van der Waals surface area contributed by atoms with E-state index in [1.165, 1.54) is 0 Å². The predicted octanol–water partition coefficient (Wildman–Crippen LogP) is 1.22. The first-order chi connectivity index (χ1) is 11.2. The van der Waals surface area contributed by atoms with Gasteiger partial charge in [0.2, 0.25) is 5.91 Å². The van der Waals surface area contributed by atoms with Crippen molar-refractivity contribution < 1.29 is 4.79 Å². The van der Waals surface area contributed by atoms with Crippen LogP contribution in [0.5, 0.6) is 0 Å². The maximum absolute atomic E-state index is 11.8. The molecule has 6 nitrogen and oxygen atoms in total. The van der Waals surface area contributed by atoms with Gasteiger partial charge >= 0.3 is 0 Å². The number of hydrogen-bond donors (Lipinski definition) is 2. The quantitative estimate of drug-likeness (QED) is 0.839. The van der Waals surface area contributed by atoms with Gasteiger partial charge in [-0.1, -0.05) is 37.3 Å². The van der Waals surface area contributed by atoms with E-state index >= 15 is 0 Å². The van der Waals surface area contributed by atoms with Crippen LogP contribution in [-0.2, 0) is 24.2 Å². The molecule has 6 heteroatoms. The zero-order chi connectivity index (χ0) is 16.2. The summed E-state index contributed by atoms with van der Waals surface area (Å²) in [7, 11) is 0. The Morgan fingerprint density at radius 1 is 1.39 bits per heavy atom. The highest BCUT2D eigenvalue weighted by Gasteiger charge is 2.24. The summed E-state index contributed by atoms with van der Waals surface area (Å²) < 4.78 is 2.22. The Balaban J connectivity index is 1.65. The Bertz CT molecular complexity index is 653. The van der Waals surface area contributed by atoms with Gasteiger partial charge in [-0.2, -0.15) is 0 Å². The van der Waals surface area contributed by atoms with Crippen molar-refractivity contribution in [1.29, 1.82) is 0 Å². The molecule has 0 radical (unpaired) electrons. The van der Waals surface area contributed by atoms with Crippen molar-refractivity contribution in [3.63, 3.8) is 0 Å². The van der Waals surface area contributed by atoms with Gasteiger partial charge in [-0.05, 0) is 17.9 Å². The lowest BCUT2D eigenvalue weighted by molar-refractivity contribution is -0.120. The van der Waals surface area contributed by atoms with Crippen molar-refractivity contribution in [3.8, 4) is 0 Å². The molecule has 1 aliphatic heterocycles. The SMILES string of the molecule is CCc1nnc2n1C[C@@H](CN[C@@H](C(N)=O)c1ccccc1)CC2. The van der Waals surface area contributed by atoms with Crippen LogP contribution in [0.3, 0.4) is 0 Å². The smallest absolute Gasteiger partial charge is 0.239 e. The molecule has 1 amide bonds. The number of nitrogens with one attached hydrogen (secondary N) is 1. The van der Waals surface area contributed by atoms with Gasteiger partial charge in [-0.15, -0.1) is 10.2 Å². The fraction of sp³-hybridized carbons (Fsp3) is 0.471. The van der Waals surface area contributed by atoms with Gasteiger partial charge in [0.15, 0.2) is 0 Å². The van der Waals surface area contributed by atoms with E-state index in [0.717, 1.165) is 49.6 Å². The molecule has 2 aromatic rings. The lowest BCUT2D eigenvalue weighted by Crippen LogP contribution is -2.38. The fourth-order valence-corrected chi connectivity index (χ4v) is 3.19. The van der Waals surface area contributed by atoms with E-state index in [9.17, 15) is 4.79 Å². The fourth-order valence-electron chi connectivity index (χ4n) is 3.19. The molecule has 2 heterocycles. The average Bonchev–Trinajstić information content (AvgIpc) is 2.98. The molecule has 0 aliphatic carbocycles. The van der Waals surface area contributed by atoms with E-state index in [2.05, 4.69) is 27.0 Å². The summed E-state index contributed by atoms with van der Waals surface area (Å²) in [6.07, 6.45) is 2.88. The highest BCUT2D eigenvalue weighted by molar-refractivity contribution is 5.81. The Labute approximate surface area is 136 Å². The number of aromatic nitrogens is 3. The number of nitrogens with two attached hydrogens (primary N) is 1. The van der Waals surface area contributed by atoms with E-state index in [1.807, 2.05) is 30.3 Å². The number of amides is 1. The van der Waals surface area contributed by atoms with Gasteiger partial charge in [-0.3, -0.25) is 4.79 Å². The first kappa shape index (κ1) is 15.7. The molecule has 0 saturated carbocycles. The highest BCUT2D eigenvalue weighted by Crippen LogP contribution is 2.21. The number of aryl methyl sites for hydroxylation is 2. The summed E-state index contributed by atoms with van der Waals surface area (Å²) in [5.41, 5.74) is 6.48. The summed E-state index contributed by atoms with van der Waals surface area (Å²) in [6, 6.07) is 9.19. The molecule has 3 rings (SSSR count). The van der Waals surface area contributed by atoms with Crippen molar-refractivity contribution in [2.45, 2.75) is 38.8 Å². The lowest BCUT2D eigenvalue weighted by Gasteiger charge is -2.26. The average molecular weight is 313 g/mol. The molecular weight excluding hydrogens is 290 g/mol. The van der Waals surface area contributed by atoms with E-state index < -0.39 is 6.04 Å². The molecule has 122 valence electrons. The number of rotatable bonds is 6. The monoisotopic (exact) mass is 313 g/mol. The van der Waals surface area contributed by atoms with Crippen LogP contribution in [-0.4, -0.2) is 27.2 Å². The molecule has 1 aromatic carbocycles. The van der Waals surface area contributed by atoms with E-state index in [4.69, 9.17) is 5.73 Å². The van der Waals surface area contributed by atoms with Crippen molar-refractivity contribution in [3.05, 3.63) is 47.5 Å². The summed E-state index contributed by atoms with van der Waals surface area (Å²) in [5, 5.41) is 11.8. The third-order valence-corrected chi connectivity index (χ3v) is 4.47. The van der Waals surface area contributed by atoms with Crippen LogP contribution in [0.4, 0.5) is 0 Å². The molecule has 0 spiro atoms. The van der Waals surface area contributed by atoms with E-state index in [-0.39, 0.29) is 5.91 Å². The Morgan fingerprint density at radius 2 is 2.17 bits per heavy atom. The van der Waals surface area contributed by atoms with Gasteiger partial charge < -0.3 is 15.6 Å². The summed E-state index contributed by atoms with van der Waals surface area (Å²) in [4.78, 5) is 11.8. The lowest BCUT2D eigenvalue weighted by atomic mass is 9.98. The predicted molar refractivity (Wildman–Crippen MR) is 87.6 cm³/mol. The van der Waals surface area contributed by atoms with Crippen molar-refractivity contribution in [1.82, 2.24) is 20.1 Å².